The van der Waals surface area contributed by atoms with E-state index in [4.69, 9.17) is 4.74 Å². The fourth-order valence-electron chi connectivity index (χ4n) is 1.73. The molecule has 0 aromatic carbocycles. The molecule has 0 bridgehead atoms. The zero-order valence-corrected chi connectivity index (χ0v) is 10.9. The zero-order chi connectivity index (χ0) is 13.2. The minimum absolute atomic E-state index is 0.0667. The van der Waals surface area contributed by atoms with E-state index in [9.17, 15) is 13.2 Å². The number of hydrogen-bond donors (Lipinski definition) is 1. The summed E-state index contributed by atoms with van der Waals surface area (Å²) in [6.07, 6.45) is 3.00. The van der Waals surface area contributed by atoms with Crippen molar-refractivity contribution < 1.29 is 13.2 Å². The molecule has 1 fully saturated rings. The highest BCUT2D eigenvalue weighted by Gasteiger charge is 2.37. The first-order valence-corrected chi connectivity index (χ1v) is 7.19. The van der Waals surface area contributed by atoms with E-state index in [1.807, 2.05) is 0 Å². The van der Waals surface area contributed by atoms with Crippen molar-refractivity contribution in [3.63, 3.8) is 0 Å². The largest absolute Gasteiger partial charge is 0.383 e. The first-order chi connectivity index (χ1) is 8.55. The Morgan fingerprint density at radius 1 is 1.44 bits per heavy atom. The molecule has 1 N–H and O–H groups in total. The van der Waals surface area contributed by atoms with Gasteiger partial charge in [-0.15, -0.1) is 0 Å². The lowest BCUT2D eigenvalue weighted by Gasteiger charge is -2.21. The topological polar surface area (TPSA) is 79.5 Å². The molecule has 2 rings (SSSR count). The highest BCUT2D eigenvalue weighted by Crippen LogP contribution is 2.31. The van der Waals surface area contributed by atoms with E-state index in [2.05, 4.69) is 4.98 Å². The van der Waals surface area contributed by atoms with Crippen LogP contribution in [-0.4, -0.2) is 44.0 Å². The predicted molar refractivity (Wildman–Crippen MR) is 65.9 cm³/mol. The van der Waals surface area contributed by atoms with Crippen LogP contribution < -0.4 is 5.56 Å². The molecule has 1 aromatic heterocycles. The molecule has 0 unspecified atom stereocenters. The lowest BCUT2D eigenvalue weighted by molar-refractivity contribution is 0.177. The molecule has 1 aromatic rings. The number of aromatic nitrogens is 1. The molecule has 0 atom stereocenters. The summed E-state index contributed by atoms with van der Waals surface area (Å²) in [5.74, 6) is 0. The van der Waals surface area contributed by atoms with Gasteiger partial charge in [0.25, 0.3) is 0 Å². The third-order valence-electron chi connectivity index (χ3n) is 2.83. The first kappa shape index (κ1) is 13.3. The van der Waals surface area contributed by atoms with Crippen LogP contribution >= 0.6 is 0 Å². The molecule has 0 amide bonds. The van der Waals surface area contributed by atoms with E-state index < -0.39 is 10.0 Å². The quantitative estimate of drug-likeness (QED) is 0.801. The third kappa shape index (κ3) is 2.80. The lowest BCUT2D eigenvalue weighted by Crippen LogP contribution is -2.36. The standard InChI is InChI=1S/C11H16N2O4S/c1-17-7-6-13(9-2-3-9)18(15,16)10-4-5-11(14)12-8-10/h4-5,8-9H,2-3,6-7H2,1H3,(H,12,14). The van der Waals surface area contributed by atoms with Crippen LogP contribution in [0.5, 0.6) is 0 Å². The molecule has 0 spiro atoms. The third-order valence-corrected chi connectivity index (χ3v) is 4.78. The van der Waals surface area contributed by atoms with Gasteiger partial charge in [-0.2, -0.15) is 4.31 Å². The fourth-order valence-corrected chi connectivity index (χ4v) is 3.37. The van der Waals surface area contributed by atoms with Gasteiger partial charge in [0.2, 0.25) is 15.6 Å². The van der Waals surface area contributed by atoms with Gasteiger partial charge in [-0.05, 0) is 18.9 Å². The monoisotopic (exact) mass is 272 g/mol. The Morgan fingerprint density at radius 2 is 2.17 bits per heavy atom. The maximum absolute atomic E-state index is 12.4. The number of nitrogens with zero attached hydrogens (tertiary/aromatic N) is 1. The average molecular weight is 272 g/mol. The summed E-state index contributed by atoms with van der Waals surface area (Å²) in [6.45, 7) is 0.696. The molecule has 1 saturated carbocycles. The molecule has 0 radical (unpaired) electrons. The molecule has 1 heterocycles. The molecule has 7 heteroatoms. The summed E-state index contributed by atoms with van der Waals surface area (Å²) < 4.78 is 31.1. The van der Waals surface area contributed by atoms with Gasteiger partial charge in [-0.25, -0.2) is 8.42 Å². The summed E-state index contributed by atoms with van der Waals surface area (Å²) in [4.78, 5) is 13.5. The Hall–Kier alpha value is -1.18. The highest BCUT2D eigenvalue weighted by molar-refractivity contribution is 7.89. The first-order valence-electron chi connectivity index (χ1n) is 5.75. The number of rotatable bonds is 6. The van der Waals surface area contributed by atoms with Crippen molar-refractivity contribution in [1.82, 2.24) is 9.29 Å². The number of nitrogens with one attached hydrogen (secondary N) is 1. The van der Waals surface area contributed by atoms with Crippen LogP contribution in [0.25, 0.3) is 0 Å². The number of H-pyrrole nitrogens is 1. The van der Waals surface area contributed by atoms with Crippen LogP contribution in [0.2, 0.25) is 0 Å². The van der Waals surface area contributed by atoms with Gasteiger partial charge in [-0.1, -0.05) is 0 Å². The van der Waals surface area contributed by atoms with Crippen molar-refractivity contribution in [2.45, 2.75) is 23.8 Å². The van der Waals surface area contributed by atoms with Crippen LogP contribution in [-0.2, 0) is 14.8 Å². The van der Waals surface area contributed by atoms with E-state index in [1.54, 1.807) is 0 Å². The van der Waals surface area contributed by atoms with Crippen molar-refractivity contribution in [2.24, 2.45) is 0 Å². The zero-order valence-electron chi connectivity index (χ0n) is 10.1. The van der Waals surface area contributed by atoms with Gasteiger partial charge >= 0.3 is 0 Å². The molecule has 100 valence electrons. The van der Waals surface area contributed by atoms with Crippen LogP contribution in [0, 0.1) is 0 Å². The number of aromatic amines is 1. The molecule has 6 nitrogen and oxygen atoms in total. The summed E-state index contributed by atoms with van der Waals surface area (Å²) in [5.41, 5.74) is -0.316. The van der Waals surface area contributed by atoms with E-state index in [1.165, 1.54) is 29.7 Å². The van der Waals surface area contributed by atoms with E-state index in [-0.39, 0.29) is 16.5 Å². The smallest absolute Gasteiger partial charge is 0.247 e. The van der Waals surface area contributed by atoms with Crippen molar-refractivity contribution in [1.29, 1.82) is 0 Å². The Labute approximate surface area is 106 Å². The minimum Gasteiger partial charge on any atom is -0.383 e. The van der Waals surface area contributed by atoms with Crippen molar-refractivity contribution in [2.75, 3.05) is 20.3 Å². The van der Waals surface area contributed by atoms with Gasteiger partial charge in [0.15, 0.2) is 0 Å². The van der Waals surface area contributed by atoms with Crippen molar-refractivity contribution >= 4 is 10.0 Å². The van der Waals surface area contributed by atoms with Crippen molar-refractivity contribution in [3.05, 3.63) is 28.7 Å². The number of ether oxygens (including phenoxy) is 1. The second kappa shape index (κ2) is 5.21. The van der Waals surface area contributed by atoms with Crippen LogP contribution in [0.3, 0.4) is 0 Å². The number of pyridine rings is 1. The normalized spacial score (nSPS) is 16.1. The molecule has 1 aliphatic rings. The average Bonchev–Trinajstić information content (AvgIpc) is 3.14. The Kier molecular flexibility index (Phi) is 3.84. The van der Waals surface area contributed by atoms with Crippen LogP contribution in [0.4, 0.5) is 0 Å². The molecular formula is C11H16N2O4S. The fraction of sp³-hybridized carbons (Fsp3) is 0.545. The van der Waals surface area contributed by atoms with E-state index >= 15 is 0 Å². The maximum Gasteiger partial charge on any atom is 0.247 e. The number of sulfonamides is 1. The number of methoxy groups -OCH3 is 1. The highest BCUT2D eigenvalue weighted by atomic mass is 32.2. The molecule has 0 aliphatic heterocycles. The minimum atomic E-state index is -3.54. The van der Waals surface area contributed by atoms with Gasteiger partial charge in [0.05, 0.1) is 11.5 Å². The Morgan fingerprint density at radius 3 is 2.67 bits per heavy atom. The summed E-state index contributed by atoms with van der Waals surface area (Å²) >= 11 is 0. The predicted octanol–water partition coefficient (Wildman–Crippen LogP) is 0.174. The Balaban J connectivity index is 2.26. The lowest BCUT2D eigenvalue weighted by atomic mass is 10.5. The molecule has 1 aliphatic carbocycles. The van der Waals surface area contributed by atoms with Gasteiger partial charge in [-0.3, -0.25) is 4.79 Å². The van der Waals surface area contributed by atoms with E-state index in [0.29, 0.717) is 13.2 Å². The van der Waals surface area contributed by atoms with Gasteiger partial charge in [0, 0.05) is 32.0 Å². The van der Waals surface area contributed by atoms with Gasteiger partial charge in [0.1, 0.15) is 0 Å². The number of hydrogen-bond acceptors (Lipinski definition) is 4. The summed E-state index contributed by atoms with van der Waals surface area (Å²) in [5, 5.41) is 0. The van der Waals surface area contributed by atoms with Crippen LogP contribution in [0.1, 0.15) is 12.8 Å². The maximum atomic E-state index is 12.4. The molecular weight excluding hydrogens is 256 g/mol. The summed E-state index contributed by atoms with van der Waals surface area (Å²) in [7, 11) is -2.00. The van der Waals surface area contributed by atoms with Crippen LogP contribution in [0.15, 0.2) is 28.0 Å². The van der Waals surface area contributed by atoms with Gasteiger partial charge < -0.3 is 9.72 Å². The second-order valence-electron chi connectivity index (χ2n) is 4.23. The SMILES string of the molecule is COCCN(C1CC1)S(=O)(=O)c1ccc(=O)[nH]c1. The second-order valence-corrected chi connectivity index (χ2v) is 6.12. The molecule has 0 saturated heterocycles. The summed E-state index contributed by atoms with van der Waals surface area (Å²) in [6, 6.07) is 2.61. The van der Waals surface area contributed by atoms with Crippen molar-refractivity contribution in [3.8, 4) is 0 Å². The Bertz CT molecular complexity index is 542. The van der Waals surface area contributed by atoms with E-state index in [0.717, 1.165) is 12.8 Å². The molecule has 18 heavy (non-hydrogen) atoms.